The maximum absolute atomic E-state index is 11.0. The molecule has 2 aromatic carbocycles. The lowest BCUT2D eigenvalue weighted by molar-refractivity contribution is -0.136. The number of hydrogen-bond donors (Lipinski definition) is 2. The third-order valence-electron chi connectivity index (χ3n) is 3.82. The molecular weight excluding hydrogens is 282 g/mol. The van der Waals surface area contributed by atoms with E-state index in [9.17, 15) is 9.59 Å². The summed E-state index contributed by atoms with van der Waals surface area (Å²) in [6, 6.07) is 13.6. The summed E-state index contributed by atoms with van der Waals surface area (Å²) in [7, 11) is 0. The monoisotopic (exact) mass is 297 g/mol. The van der Waals surface area contributed by atoms with Gasteiger partial charge in [-0.05, 0) is 28.3 Å². The molecule has 1 aliphatic carbocycles. The van der Waals surface area contributed by atoms with Gasteiger partial charge in [-0.3, -0.25) is 9.59 Å². The number of carboxylic acid groups (broad SMARTS) is 2. The molecule has 0 heterocycles. The first kappa shape index (κ1) is 14.1. The summed E-state index contributed by atoms with van der Waals surface area (Å²) in [5.41, 5.74) is 5.03. The highest BCUT2D eigenvalue weighted by atomic mass is 16.4. The fourth-order valence-corrected chi connectivity index (χ4v) is 2.99. The van der Waals surface area contributed by atoms with Gasteiger partial charge in [-0.2, -0.15) is 0 Å². The molecule has 0 fully saturated rings. The molecule has 112 valence electrons. The van der Waals surface area contributed by atoms with Crippen LogP contribution in [0.2, 0.25) is 0 Å². The molecular formula is C17H15NO4. The van der Waals surface area contributed by atoms with Crippen LogP contribution in [0.5, 0.6) is 0 Å². The third-order valence-corrected chi connectivity index (χ3v) is 3.82. The van der Waals surface area contributed by atoms with E-state index in [2.05, 4.69) is 0 Å². The van der Waals surface area contributed by atoms with Crippen LogP contribution >= 0.6 is 0 Å². The highest BCUT2D eigenvalue weighted by Crippen LogP contribution is 2.41. The predicted octanol–water partition coefficient (Wildman–Crippen LogP) is 2.23. The molecule has 0 unspecified atom stereocenters. The van der Waals surface area contributed by atoms with Gasteiger partial charge >= 0.3 is 11.9 Å². The maximum Gasteiger partial charge on any atom is 0.323 e. The Bertz CT molecular complexity index is 738. The van der Waals surface area contributed by atoms with Gasteiger partial charge in [0.1, 0.15) is 13.1 Å². The Morgan fingerprint density at radius 1 is 0.909 bits per heavy atom. The Kier molecular flexibility index (Phi) is 3.55. The maximum atomic E-state index is 11.0. The molecule has 0 saturated heterocycles. The Morgan fingerprint density at radius 2 is 1.55 bits per heavy atom. The topological polar surface area (TPSA) is 77.8 Å². The average Bonchev–Trinajstić information content (AvgIpc) is 2.84. The summed E-state index contributed by atoms with van der Waals surface area (Å²) in [4.78, 5) is 23.5. The Balaban J connectivity index is 2.05. The molecule has 2 aromatic rings. The summed E-state index contributed by atoms with van der Waals surface area (Å²) in [5, 5.41) is 18.1. The van der Waals surface area contributed by atoms with E-state index in [1.54, 1.807) is 6.07 Å². The van der Waals surface area contributed by atoms with E-state index in [0.717, 1.165) is 16.7 Å². The van der Waals surface area contributed by atoms with E-state index < -0.39 is 11.9 Å². The van der Waals surface area contributed by atoms with Crippen molar-refractivity contribution in [1.29, 1.82) is 0 Å². The SMILES string of the molecule is O=C(O)CN(CC(=O)O)c1cccc2c1Cc1ccccc1-2. The Labute approximate surface area is 127 Å². The zero-order valence-corrected chi connectivity index (χ0v) is 11.8. The normalized spacial score (nSPS) is 11.6. The second-order valence-corrected chi connectivity index (χ2v) is 5.28. The van der Waals surface area contributed by atoms with E-state index >= 15 is 0 Å². The van der Waals surface area contributed by atoms with Crippen LogP contribution in [-0.2, 0) is 16.0 Å². The molecule has 5 nitrogen and oxygen atoms in total. The highest BCUT2D eigenvalue weighted by molar-refractivity contribution is 5.86. The third kappa shape index (κ3) is 2.53. The van der Waals surface area contributed by atoms with Crippen molar-refractivity contribution in [2.75, 3.05) is 18.0 Å². The minimum Gasteiger partial charge on any atom is -0.480 e. The van der Waals surface area contributed by atoms with E-state index in [0.29, 0.717) is 12.1 Å². The van der Waals surface area contributed by atoms with Gasteiger partial charge in [0.05, 0.1) is 0 Å². The van der Waals surface area contributed by atoms with Crippen LogP contribution in [0.4, 0.5) is 5.69 Å². The summed E-state index contributed by atoms with van der Waals surface area (Å²) < 4.78 is 0. The van der Waals surface area contributed by atoms with Gasteiger partial charge in [0.15, 0.2) is 0 Å². The molecule has 0 spiro atoms. The number of carboxylic acids is 2. The molecule has 5 heteroatoms. The van der Waals surface area contributed by atoms with Crippen LogP contribution < -0.4 is 4.90 Å². The molecule has 0 bridgehead atoms. The van der Waals surface area contributed by atoms with Gasteiger partial charge in [-0.1, -0.05) is 36.4 Å². The van der Waals surface area contributed by atoms with Crippen molar-refractivity contribution in [1.82, 2.24) is 0 Å². The van der Waals surface area contributed by atoms with Crippen molar-refractivity contribution in [2.24, 2.45) is 0 Å². The van der Waals surface area contributed by atoms with E-state index in [1.807, 2.05) is 36.4 Å². The lowest BCUT2D eigenvalue weighted by Gasteiger charge is -2.23. The second-order valence-electron chi connectivity index (χ2n) is 5.28. The van der Waals surface area contributed by atoms with Crippen molar-refractivity contribution < 1.29 is 19.8 Å². The average molecular weight is 297 g/mol. The van der Waals surface area contributed by atoms with Gasteiger partial charge in [0.25, 0.3) is 0 Å². The van der Waals surface area contributed by atoms with Gasteiger partial charge in [0.2, 0.25) is 0 Å². The lowest BCUT2D eigenvalue weighted by Crippen LogP contribution is -2.35. The van der Waals surface area contributed by atoms with Gasteiger partial charge in [-0.25, -0.2) is 0 Å². The lowest BCUT2D eigenvalue weighted by atomic mass is 10.0. The first-order chi connectivity index (χ1) is 10.6. The highest BCUT2D eigenvalue weighted by Gasteiger charge is 2.24. The number of benzene rings is 2. The van der Waals surface area contributed by atoms with Crippen molar-refractivity contribution >= 4 is 17.6 Å². The first-order valence-electron chi connectivity index (χ1n) is 6.95. The van der Waals surface area contributed by atoms with Crippen LogP contribution in [0.3, 0.4) is 0 Å². The number of anilines is 1. The number of aliphatic carboxylic acids is 2. The van der Waals surface area contributed by atoms with Gasteiger partial charge < -0.3 is 15.1 Å². The number of rotatable bonds is 5. The van der Waals surface area contributed by atoms with Crippen molar-refractivity contribution in [3.63, 3.8) is 0 Å². The molecule has 0 atom stereocenters. The Morgan fingerprint density at radius 3 is 2.23 bits per heavy atom. The van der Waals surface area contributed by atoms with Crippen molar-refractivity contribution in [2.45, 2.75) is 6.42 Å². The molecule has 0 aromatic heterocycles. The molecule has 0 amide bonds. The molecule has 3 rings (SSSR count). The molecule has 0 aliphatic heterocycles. The number of fused-ring (bicyclic) bond motifs is 3. The van der Waals surface area contributed by atoms with Gasteiger partial charge in [0, 0.05) is 12.1 Å². The largest absolute Gasteiger partial charge is 0.480 e. The molecule has 22 heavy (non-hydrogen) atoms. The predicted molar refractivity (Wildman–Crippen MR) is 82.2 cm³/mol. The van der Waals surface area contributed by atoms with Crippen molar-refractivity contribution in [3.8, 4) is 11.1 Å². The summed E-state index contributed by atoms with van der Waals surface area (Å²) in [5.74, 6) is -2.09. The second kappa shape index (κ2) is 5.52. The summed E-state index contributed by atoms with van der Waals surface area (Å²) in [6.07, 6.45) is 0.692. The van der Waals surface area contributed by atoms with E-state index in [-0.39, 0.29) is 13.1 Å². The fourth-order valence-electron chi connectivity index (χ4n) is 2.99. The fraction of sp³-hybridized carbons (Fsp3) is 0.176. The Hall–Kier alpha value is -2.82. The van der Waals surface area contributed by atoms with Crippen LogP contribution in [-0.4, -0.2) is 35.2 Å². The zero-order valence-electron chi connectivity index (χ0n) is 11.8. The standard InChI is InChI=1S/C17H15NO4/c19-16(20)9-18(10-17(21)22)15-7-3-6-13-12-5-2-1-4-11(12)8-14(13)15/h1-7H,8-10H2,(H,19,20)(H,21,22). The van der Waals surface area contributed by atoms with Crippen molar-refractivity contribution in [3.05, 3.63) is 53.6 Å². The van der Waals surface area contributed by atoms with Crippen LogP contribution in [0.15, 0.2) is 42.5 Å². The summed E-state index contributed by atoms with van der Waals surface area (Å²) in [6.45, 7) is -0.668. The molecule has 0 saturated carbocycles. The van der Waals surface area contributed by atoms with Crippen LogP contribution in [0.25, 0.3) is 11.1 Å². The van der Waals surface area contributed by atoms with E-state index in [4.69, 9.17) is 10.2 Å². The number of carbonyl (C=O) groups is 2. The molecule has 0 radical (unpaired) electrons. The number of hydrogen-bond acceptors (Lipinski definition) is 3. The first-order valence-corrected chi connectivity index (χ1v) is 6.95. The zero-order chi connectivity index (χ0) is 15.7. The van der Waals surface area contributed by atoms with Gasteiger partial charge in [-0.15, -0.1) is 0 Å². The quantitative estimate of drug-likeness (QED) is 0.755. The number of nitrogens with zero attached hydrogens (tertiary/aromatic N) is 1. The summed E-state index contributed by atoms with van der Waals surface area (Å²) >= 11 is 0. The molecule has 1 aliphatic rings. The minimum atomic E-state index is -1.05. The minimum absolute atomic E-state index is 0.334. The smallest absolute Gasteiger partial charge is 0.323 e. The van der Waals surface area contributed by atoms with E-state index in [1.165, 1.54) is 10.5 Å². The van der Waals surface area contributed by atoms with Crippen LogP contribution in [0.1, 0.15) is 11.1 Å². The molecule has 2 N–H and O–H groups in total. The van der Waals surface area contributed by atoms with Crippen LogP contribution in [0, 0.1) is 0 Å².